The number of ether oxygens (including phenoxy) is 10. The minimum absolute atomic E-state index is 0.00158. The number of alkyl carbamates (subject to hydrolysis) is 1. The summed E-state index contributed by atoms with van der Waals surface area (Å²) in [4.78, 5) is 71.2. The van der Waals surface area contributed by atoms with E-state index in [1.807, 2.05) is 64.2 Å². The highest BCUT2D eigenvalue weighted by Gasteiger charge is 2.53. The summed E-state index contributed by atoms with van der Waals surface area (Å²) in [5.41, 5.74) is 8.51. The van der Waals surface area contributed by atoms with Crippen molar-refractivity contribution in [3.63, 3.8) is 0 Å². The molecule has 20 heteroatoms. The molecule has 15 atom stereocenters. The van der Waals surface area contributed by atoms with E-state index >= 15 is 0 Å². The molecule has 0 aromatic heterocycles. The fourth-order valence-electron chi connectivity index (χ4n) is 11.3. The van der Waals surface area contributed by atoms with Gasteiger partial charge in [-0.25, -0.2) is 9.59 Å². The zero-order chi connectivity index (χ0) is 58.8. The van der Waals surface area contributed by atoms with Crippen molar-refractivity contribution >= 4 is 29.5 Å². The number of methoxy groups -OCH3 is 4. The maximum absolute atomic E-state index is 14.6. The van der Waals surface area contributed by atoms with Crippen LogP contribution < -0.4 is 11.1 Å². The molecular weight excluding hydrogens is 1030 g/mol. The summed E-state index contributed by atoms with van der Waals surface area (Å²) in [6.45, 7) is 14.5. The molecule has 2 bridgehead atoms. The Balaban J connectivity index is 1.52. The van der Waals surface area contributed by atoms with Gasteiger partial charge in [-0.15, -0.1) is 0 Å². The van der Waals surface area contributed by atoms with E-state index in [0.29, 0.717) is 122 Å². The highest BCUT2D eigenvalue weighted by Crippen LogP contribution is 2.37. The van der Waals surface area contributed by atoms with Crippen LogP contribution in [0.25, 0.3) is 0 Å². The van der Waals surface area contributed by atoms with Crippen LogP contribution in [0.4, 0.5) is 4.79 Å². The summed E-state index contributed by atoms with van der Waals surface area (Å²) in [5.74, 6) is -6.76. The molecule has 5 N–H and O–H groups in total. The number of nitrogens with two attached hydrogens (primary N) is 1. The zero-order valence-electron chi connectivity index (χ0n) is 49.6. The Morgan fingerprint density at radius 3 is 2.15 bits per heavy atom. The maximum atomic E-state index is 14.6. The summed E-state index contributed by atoms with van der Waals surface area (Å²) >= 11 is 0. The standard InChI is InChI=1S/C60H99N3O17/c1-39-16-12-11-13-17-41(3)51(72-8)38-46-22-20-44(6)60(70,80-46)56(66)57(67)63-26-15-14-18-48(63)58(68)78-49(23-19-40(2)35-43(5)54(65)55(74-10)53(64)42(4)34-39)47(61)36-45-21-24-50(52(37-45)73-9)79-59(69)62-25-27-75-30-31-77-33-32-76-29-28-71-7/h11-13,16-17,35,39-40,42,44-52,54-55,65,70H,14-15,18-34,36-38,61H2,1-10H3,(H,62,69)/b13-11+,16-12+,41-17+,43-35+/t39-,40+,42-,44-,45?,46+,47-,48+,49+,50-,51+,52-,54-,55+,60-/m1/s1. The number of carbonyl (C=O) groups is 5. The Labute approximate surface area is 476 Å². The van der Waals surface area contributed by atoms with E-state index in [2.05, 4.69) is 5.32 Å². The van der Waals surface area contributed by atoms with Crippen molar-refractivity contribution in [3.05, 3.63) is 47.6 Å². The monoisotopic (exact) mass is 1130 g/mol. The van der Waals surface area contributed by atoms with Gasteiger partial charge in [-0.1, -0.05) is 64.2 Å². The number of aliphatic hydroxyl groups is 2. The van der Waals surface area contributed by atoms with Crippen LogP contribution in [0.3, 0.4) is 0 Å². The number of nitrogens with zero attached hydrogens (tertiary/aromatic N) is 1. The van der Waals surface area contributed by atoms with Gasteiger partial charge < -0.3 is 73.5 Å². The van der Waals surface area contributed by atoms with Crippen molar-refractivity contribution in [3.8, 4) is 0 Å². The van der Waals surface area contributed by atoms with E-state index < -0.39 is 96.2 Å². The molecule has 1 saturated carbocycles. The topological polar surface area (TPSA) is 259 Å². The van der Waals surface area contributed by atoms with E-state index in [9.17, 15) is 34.2 Å². The third-order valence-corrected chi connectivity index (χ3v) is 16.2. The first-order chi connectivity index (χ1) is 38.3. The van der Waals surface area contributed by atoms with E-state index in [1.165, 1.54) is 12.0 Å². The zero-order valence-corrected chi connectivity index (χ0v) is 49.6. The summed E-state index contributed by atoms with van der Waals surface area (Å²) in [6.07, 6.45) is 11.8. The molecule has 4 rings (SSSR count). The molecule has 0 spiro atoms. The number of rotatable bonds is 19. The Hall–Kier alpha value is -3.93. The molecule has 1 aliphatic carbocycles. The molecule has 1 unspecified atom stereocenters. The number of amides is 2. The number of esters is 1. The first kappa shape index (κ1) is 68.6. The number of allylic oxidation sites excluding steroid dienone is 6. The molecule has 0 aromatic carbocycles. The van der Waals surface area contributed by atoms with E-state index in [-0.39, 0.29) is 49.7 Å². The number of Topliss-reactive ketones (excluding diaryl/α,β-unsaturated/α-hetero) is 2. The van der Waals surface area contributed by atoms with Gasteiger partial charge in [-0.05, 0) is 120 Å². The molecule has 456 valence electrons. The van der Waals surface area contributed by atoms with Gasteiger partial charge in [0.1, 0.15) is 30.5 Å². The smallest absolute Gasteiger partial charge is 0.407 e. The van der Waals surface area contributed by atoms with Crippen molar-refractivity contribution in [2.24, 2.45) is 35.3 Å². The average molecular weight is 1130 g/mol. The average Bonchev–Trinajstić information content (AvgIpc) is 3.49. The van der Waals surface area contributed by atoms with Crippen LogP contribution in [-0.2, 0) is 66.5 Å². The van der Waals surface area contributed by atoms with Gasteiger partial charge in [0.15, 0.2) is 5.78 Å². The minimum atomic E-state index is -2.43. The highest BCUT2D eigenvalue weighted by molar-refractivity contribution is 6.39. The SMILES string of the molecule is COCCOCCOCCOCCNC(=O)O[C@@H]1CCC(C[C@@H](N)[C@@H]2CC[C@H](C)/C=C(\C)[C@@H](O)[C@@H](OC)C(=O)[C@H](C)C[C@H](C)/C=C/C=C/C=C(\C)[C@@H](OC)C[C@@H]3CC[C@@H](C)[C@@](O)(O3)C(=O)C(=O)N3CCCC[C@H]3C(=O)O2)C[C@H]1OC. The van der Waals surface area contributed by atoms with Crippen LogP contribution in [0.1, 0.15) is 125 Å². The largest absolute Gasteiger partial charge is 0.459 e. The number of hydrogen-bond donors (Lipinski definition) is 4. The van der Waals surface area contributed by atoms with Crippen LogP contribution in [0.2, 0.25) is 0 Å². The number of piperidine rings is 1. The van der Waals surface area contributed by atoms with Gasteiger partial charge in [-0.2, -0.15) is 0 Å². The predicted octanol–water partition coefficient (Wildman–Crippen LogP) is 6.12. The van der Waals surface area contributed by atoms with Gasteiger partial charge in [0.2, 0.25) is 5.79 Å². The number of aliphatic hydroxyl groups excluding tert-OH is 1. The van der Waals surface area contributed by atoms with E-state index in [4.69, 9.17) is 53.1 Å². The Morgan fingerprint density at radius 2 is 1.48 bits per heavy atom. The second-order valence-electron chi connectivity index (χ2n) is 22.5. The van der Waals surface area contributed by atoms with Crippen molar-refractivity contribution in [2.75, 3.05) is 87.8 Å². The molecule has 2 amide bonds. The molecule has 20 nitrogen and oxygen atoms in total. The van der Waals surface area contributed by atoms with Crippen molar-refractivity contribution in [1.29, 1.82) is 0 Å². The minimum Gasteiger partial charge on any atom is -0.459 e. The summed E-state index contributed by atoms with van der Waals surface area (Å²) in [5, 5.41) is 26.3. The second-order valence-corrected chi connectivity index (χ2v) is 22.5. The third-order valence-electron chi connectivity index (χ3n) is 16.2. The number of cyclic esters (lactones) is 1. The lowest BCUT2D eigenvalue weighted by atomic mass is 9.80. The number of ketones is 2. The molecular formula is C60H99N3O17. The Bertz CT molecular complexity index is 2030. The number of carbonyl (C=O) groups excluding carboxylic acids is 5. The van der Waals surface area contributed by atoms with E-state index in [0.717, 1.165) is 5.57 Å². The Morgan fingerprint density at radius 1 is 0.775 bits per heavy atom. The number of nitrogens with one attached hydrogen (secondary N) is 1. The summed E-state index contributed by atoms with van der Waals surface area (Å²) < 4.78 is 57.1. The number of fused-ring (bicyclic) bond motifs is 3. The van der Waals surface area contributed by atoms with Gasteiger partial charge in [0, 0.05) is 65.8 Å². The highest BCUT2D eigenvalue weighted by atomic mass is 16.6. The van der Waals surface area contributed by atoms with Crippen LogP contribution in [0.5, 0.6) is 0 Å². The lowest BCUT2D eigenvalue weighted by molar-refractivity contribution is -0.265. The van der Waals surface area contributed by atoms with Crippen molar-refractivity contribution in [1.82, 2.24) is 10.2 Å². The van der Waals surface area contributed by atoms with Gasteiger partial charge in [0.05, 0.1) is 64.6 Å². The first-order valence-corrected chi connectivity index (χ1v) is 29.2. The van der Waals surface area contributed by atoms with Crippen LogP contribution in [0, 0.1) is 29.6 Å². The molecule has 3 fully saturated rings. The predicted molar refractivity (Wildman–Crippen MR) is 300 cm³/mol. The molecule has 0 aromatic rings. The molecule has 3 heterocycles. The molecule has 3 aliphatic heterocycles. The lowest BCUT2D eigenvalue weighted by Gasteiger charge is -2.42. The molecule has 4 aliphatic rings. The van der Waals surface area contributed by atoms with Gasteiger partial charge >= 0.3 is 12.1 Å². The van der Waals surface area contributed by atoms with Crippen molar-refractivity contribution in [2.45, 2.75) is 186 Å². The van der Waals surface area contributed by atoms with Crippen LogP contribution in [0.15, 0.2) is 47.6 Å². The molecule has 0 radical (unpaired) electrons. The lowest BCUT2D eigenvalue weighted by Crippen LogP contribution is -2.61. The second kappa shape index (κ2) is 35.9. The van der Waals surface area contributed by atoms with E-state index in [1.54, 1.807) is 35.2 Å². The third kappa shape index (κ3) is 21.7. The molecule has 80 heavy (non-hydrogen) atoms. The normalized spacial score (nSPS) is 34.9. The van der Waals surface area contributed by atoms with Crippen LogP contribution in [-0.4, -0.2) is 193 Å². The van der Waals surface area contributed by atoms with Gasteiger partial charge in [0.25, 0.3) is 11.7 Å². The van der Waals surface area contributed by atoms with Gasteiger partial charge in [-0.3, -0.25) is 14.4 Å². The molecule has 2 saturated heterocycles. The fraction of sp³-hybridized carbons (Fsp3) is 0.783. The first-order valence-electron chi connectivity index (χ1n) is 29.2. The number of hydrogen-bond acceptors (Lipinski definition) is 18. The Kier molecular flexibility index (Phi) is 30.8. The summed E-state index contributed by atoms with van der Waals surface area (Å²) in [7, 11) is 6.19. The van der Waals surface area contributed by atoms with Crippen molar-refractivity contribution < 1.29 is 81.6 Å². The fourth-order valence-corrected chi connectivity index (χ4v) is 11.3. The summed E-state index contributed by atoms with van der Waals surface area (Å²) in [6, 6.07) is -1.81. The quantitative estimate of drug-likeness (QED) is 0.0491. The van der Waals surface area contributed by atoms with Crippen LogP contribution >= 0.6 is 0 Å². The maximum Gasteiger partial charge on any atom is 0.407 e.